The third-order valence-corrected chi connectivity index (χ3v) is 4.56. The lowest BCUT2D eigenvalue weighted by atomic mass is 9.94. The molecule has 0 fully saturated rings. The number of nitrogens with zero attached hydrogens (tertiary/aromatic N) is 3. The number of hydrogen-bond acceptors (Lipinski definition) is 5. The maximum absolute atomic E-state index is 11.9. The fraction of sp³-hybridized carbons (Fsp3) is 0.316. The van der Waals surface area contributed by atoms with Gasteiger partial charge in [0.1, 0.15) is 5.76 Å². The van der Waals surface area contributed by atoms with Gasteiger partial charge in [0.05, 0.1) is 25.0 Å². The highest BCUT2D eigenvalue weighted by Crippen LogP contribution is 2.38. The van der Waals surface area contributed by atoms with Gasteiger partial charge < -0.3 is 9.15 Å². The third-order valence-electron chi connectivity index (χ3n) is 4.56. The van der Waals surface area contributed by atoms with E-state index < -0.39 is 5.97 Å². The quantitative estimate of drug-likeness (QED) is 0.687. The second-order valence-electron chi connectivity index (χ2n) is 6.32. The molecule has 1 aliphatic carbocycles. The Kier molecular flexibility index (Phi) is 3.67. The molecule has 0 unspecified atom stereocenters. The zero-order valence-electron chi connectivity index (χ0n) is 14.5. The lowest BCUT2D eigenvalue weighted by Gasteiger charge is -2.09. The second kappa shape index (κ2) is 5.88. The lowest BCUT2D eigenvalue weighted by molar-refractivity contribution is 0.0562. The van der Waals surface area contributed by atoms with Crippen LogP contribution in [0.4, 0.5) is 0 Å². The van der Waals surface area contributed by atoms with Crippen LogP contribution in [0, 0.1) is 13.8 Å². The fourth-order valence-electron chi connectivity index (χ4n) is 3.39. The van der Waals surface area contributed by atoms with Crippen LogP contribution >= 0.6 is 0 Å². The van der Waals surface area contributed by atoms with Crippen LogP contribution in [-0.2, 0) is 24.1 Å². The molecule has 6 heteroatoms. The molecule has 3 aromatic rings. The average molecular weight is 337 g/mol. The van der Waals surface area contributed by atoms with Crippen molar-refractivity contribution >= 4 is 5.97 Å². The Bertz CT molecular complexity index is 968. The number of furan rings is 1. The molecule has 0 atom stereocenters. The van der Waals surface area contributed by atoms with Crippen molar-refractivity contribution in [3.8, 4) is 11.3 Å². The van der Waals surface area contributed by atoms with Crippen LogP contribution in [0.1, 0.15) is 38.8 Å². The lowest BCUT2D eigenvalue weighted by Crippen LogP contribution is -2.03. The summed E-state index contributed by atoms with van der Waals surface area (Å²) in [7, 11) is 1.36. The number of pyridine rings is 1. The predicted octanol–water partition coefficient (Wildman–Crippen LogP) is 3.09. The van der Waals surface area contributed by atoms with Gasteiger partial charge in [0.25, 0.3) is 0 Å². The van der Waals surface area contributed by atoms with Crippen LogP contribution in [0.2, 0.25) is 0 Å². The Morgan fingerprint density at radius 2 is 2.16 bits per heavy atom. The Labute approximate surface area is 145 Å². The Morgan fingerprint density at radius 1 is 1.32 bits per heavy atom. The van der Waals surface area contributed by atoms with Gasteiger partial charge in [-0.3, -0.25) is 9.67 Å². The molecule has 0 saturated carbocycles. The minimum Gasteiger partial charge on any atom is -0.463 e. The molecule has 0 aromatic carbocycles. The van der Waals surface area contributed by atoms with Crippen molar-refractivity contribution in [2.45, 2.75) is 33.2 Å². The Hall–Kier alpha value is -2.89. The van der Waals surface area contributed by atoms with Crippen molar-refractivity contribution in [3.63, 3.8) is 0 Å². The van der Waals surface area contributed by atoms with Crippen molar-refractivity contribution in [2.75, 3.05) is 7.11 Å². The van der Waals surface area contributed by atoms with E-state index in [2.05, 4.69) is 11.2 Å². The summed E-state index contributed by atoms with van der Waals surface area (Å²) in [5.41, 5.74) is 5.74. The zero-order chi connectivity index (χ0) is 17.6. The van der Waals surface area contributed by atoms with Crippen molar-refractivity contribution in [1.29, 1.82) is 0 Å². The first-order chi connectivity index (χ1) is 12.1. The summed E-state index contributed by atoms with van der Waals surface area (Å²) in [5, 5.41) is 4.74. The van der Waals surface area contributed by atoms with Crippen molar-refractivity contribution in [3.05, 3.63) is 58.4 Å². The van der Waals surface area contributed by atoms with Crippen LogP contribution in [0.25, 0.3) is 11.3 Å². The SMILES string of the molecule is COC(=O)c1oc2c(c1C)-c1nn(Cc3cccc(C)n3)cc1CC2. The monoisotopic (exact) mass is 337 g/mol. The molecular weight excluding hydrogens is 318 g/mol. The molecule has 0 amide bonds. The van der Waals surface area contributed by atoms with Crippen LogP contribution in [-0.4, -0.2) is 27.8 Å². The summed E-state index contributed by atoms with van der Waals surface area (Å²) in [5.74, 6) is 0.636. The third kappa shape index (κ3) is 2.63. The molecule has 0 aliphatic heterocycles. The van der Waals surface area contributed by atoms with E-state index >= 15 is 0 Å². The van der Waals surface area contributed by atoms with Gasteiger partial charge in [0.2, 0.25) is 5.76 Å². The van der Waals surface area contributed by atoms with Gasteiger partial charge in [-0.05, 0) is 38.0 Å². The molecule has 25 heavy (non-hydrogen) atoms. The Balaban J connectivity index is 1.72. The van der Waals surface area contributed by atoms with Gasteiger partial charge in [-0.15, -0.1) is 0 Å². The molecule has 0 saturated heterocycles. The van der Waals surface area contributed by atoms with E-state index in [0.717, 1.165) is 46.8 Å². The van der Waals surface area contributed by atoms with Crippen LogP contribution < -0.4 is 0 Å². The van der Waals surface area contributed by atoms with Gasteiger partial charge in [-0.25, -0.2) is 4.79 Å². The number of aryl methyl sites for hydroxylation is 3. The summed E-state index contributed by atoms with van der Waals surface area (Å²) >= 11 is 0. The number of carbonyl (C=O) groups excluding carboxylic acids is 1. The molecule has 1 aliphatic rings. The van der Waals surface area contributed by atoms with E-state index in [1.807, 2.05) is 36.7 Å². The van der Waals surface area contributed by atoms with E-state index in [4.69, 9.17) is 14.3 Å². The number of ether oxygens (including phenoxy) is 1. The van der Waals surface area contributed by atoms with Crippen LogP contribution in [0.15, 0.2) is 28.8 Å². The van der Waals surface area contributed by atoms with E-state index in [9.17, 15) is 4.79 Å². The molecule has 3 heterocycles. The van der Waals surface area contributed by atoms with Gasteiger partial charge in [0, 0.05) is 29.4 Å². The number of methoxy groups -OCH3 is 1. The average Bonchev–Trinajstić information content (AvgIpc) is 3.14. The molecule has 3 aromatic heterocycles. The normalized spacial score (nSPS) is 12.6. The molecule has 128 valence electrons. The number of aromatic nitrogens is 3. The molecule has 0 spiro atoms. The predicted molar refractivity (Wildman–Crippen MR) is 91.5 cm³/mol. The highest BCUT2D eigenvalue weighted by molar-refractivity contribution is 5.91. The highest BCUT2D eigenvalue weighted by Gasteiger charge is 2.30. The van der Waals surface area contributed by atoms with E-state index in [0.29, 0.717) is 6.54 Å². The summed E-state index contributed by atoms with van der Waals surface area (Å²) in [6.45, 7) is 4.47. The maximum atomic E-state index is 11.9. The van der Waals surface area contributed by atoms with Gasteiger partial charge >= 0.3 is 5.97 Å². The van der Waals surface area contributed by atoms with Gasteiger partial charge in [0.15, 0.2) is 0 Å². The summed E-state index contributed by atoms with van der Waals surface area (Å²) in [6, 6.07) is 5.98. The minimum atomic E-state index is -0.447. The number of esters is 1. The van der Waals surface area contributed by atoms with Crippen molar-refractivity contribution in [1.82, 2.24) is 14.8 Å². The van der Waals surface area contributed by atoms with Crippen LogP contribution in [0.3, 0.4) is 0 Å². The largest absolute Gasteiger partial charge is 0.463 e. The molecule has 6 nitrogen and oxygen atoms in total. The van der Waals surface area contributed by atoms with E-state index in [-0.39, 0.29) is 5.76 Å². The van der Waals surface area contributed by atoms with Crippen molar-refractivity contribution < 1.29 is 13.9 Å². The molecule has 0 N–H and O–H groups in total. The summed E-state index contributed by atoms with van der Waals surface area (Å²) < 4.78 is 12.5. The van der Waals surface area contributed by atoms with E-state index in [1.165, 1.54) is 12.7 Å². The molecule has 4 rings (SSSR count). The standard InChI is InChI=1S/C19H19N3O3/c1-11-5-4-6-14(20-11)10-22-9-13-7-8-15-16(17(13)21-22)12(2)18(25-15)19(23)24-3/h4-6,9H,7-8,10H2,1-3H3. The number of fused-ring (bicyclic) bond motifs is 3. The second-order valence-corrected chi connectivity index (χ2v) is 6.32. The maximum Gasteiger partial charge on any atom is 0.374 e. The van der Waals surface area contributed by atoms with Gasteiger partial charge in [-0.2, -0.15) is 5.10 Å². The molecule has 0 radical (unpaired) electrons. The highest BCUT2D eigenvalue weighted by atomic mass is 16.5. The summed E-state index contributed by atoms with van der Waals surface area (Å²) in [4.78, 5) is 16.4. The first kappa shape index (κ1) is 15.6. The minimum absolute atomic E-state index is 0.273. The van der Waals surface area contributed by atoms with Gasteiger partial charge in [-0.1, -0.05) is 6.07 Å². The molecular formula is C19H19N3O3. The van der Waals surface area contributed by atoms with Crippen molar-refractivity contribution in [2.24, 2.45) is 0 Å². The van der Waals surface area contributed by atoms with Crippen LogP contribution in [0.5, 0.6) is 0 Å². The topological polar surface area (TPSA) is 70.2 Å². The number of carbonyl (C=O) groups is 1. The first-order valence-electron chi connectivity index (χ1n) is 8.26. The molecule has 0 bridgehead atoms. The first-order valence-corrected chi connectivity index (χ1v) is 8.26. The fourth-order valence-corrected chi connectivity index (χ4v) is 3.39. The summed E-state index contributed by atoms with van der Waals surface area (Å²) in [6.07, 6.45) is 3.66. The Morgan fingerprint density at radius 3 is 2.92 bits per heavy atom. The number of hydrogen-bond donors (Lipinski definition) is 0. The van der Waals surface area contributed by atoms with E-state index in [1.54, 1.807) is 0 Å². The zero-order valence-corrected chi connectivity index (χ0v) is 14.5. The smallest absolute Gasteiger partial charge is 0.374 e. The number of rotatable bonds is 3.